The van der Waals surface area contributed by atoms with Crippen molar-refractivity contribution in [3.05, 3.63) is 18.3 Å². The zero-order chi connectivity index (χ0) is 12.4. The Bertz CT molecular complexity index is 428. The van der Waals surface area contributed by atoms with Crippen LogP contribution in [-0.4, -0.2) is 30.1 Å². The molecule has 3 rings (SSSR count). The molecule has 0 radical (unpaired) electrons. The van der Waals surface area contributed by atoms with E-state index in [0.29, 0.717) is 30.5 Å². The molecule has 1 aliphatic carbocycles. The van der Waals surface area contributed by atoms with Crippen molar-refractivity contribution in [2.45, 2.75) is 25.4 Å². The SMILES string of the molecule is O=C1NCCC1Oc1ccc(OCC2CC2)nc1. The summed E-state index contributed by atoms with van der Waals surface area (Å²) in [5.74, 6) is 1.88. The fourth-order valence-corrected chi connectivity index (χ4v) is 1.86. The summed E-state index contributed by atoms with van der Waals surface area (Å²) in [6.45, 7) is 1.43. The molecule has 5 nitrogen and oxygen atoms in total. The normalized spacial score (nSPS) is 22.7. The van der Waals surface area contributed by atoms with E-state index in [2.05, 4.69) is 10.3 Å². The van der Waals surface area contributed by atoms with Gasteiger partial charge in [0.15, 0.2) is 6.10 Å². The lowest BCUT2D eigenvalue weighted by Crippen LogP contribution is -2.27. The van der Waals surface area contributed by atoms with E-state index in [4.69, 9.17) is 9.47 Å². The molecule has 1 aromatic rings. The molecule has 96 valence electrons. The number of pyridine rings is 1. The molecular formula is C13H16N2O3. The molecule has 1 aromatic heterocycles. The average Bonchev–Trinajstić information content (AvgIpc) is 3.13. The Kier molecular flexibility index (Phi) is 3.04. The lowest BCUT2D eigenvalue weighted by molar-refractivity contribution is -0.124. The number of amides is 1. The van der Waals surface area contributed by atoms with Crippen LogP contribution in [-0.2, 0) is 4.79 Å². The van der Waals surface area contributed by atoms with Gasteiger partial charge in [-0.3, -0.25) is 4.79 Å². The van der Waals surface area contributed by atoms with Crippen LogP contribution in [0.5, 0.6) is 11.6 Å². The summed E-state index contributed by atoms with van der Waals surface area (Å²) < 4.78 is 11.1. The first kappa shape index (κ1) is 11.3. The van der Waals surface area contributed by atoms with Gasteiger partial charge in [-0.05, 0) is 24.8 Å². The van der Waals surface area contributed by atoms with Gasteiger partial charge in [-0.25, -0.2) is 4.98 Å². The van der Waals surface area contributed by atoms with E-state index in [1.807, 2.05) is 0 Å². The Morgan fingerprint density at radius 3 is 2.83 bits per heavy atom. The van der Waals surface area contributed by atoms with Crippen molar-refractivity contribution < 1.29 is 14.3 Å². The maximum Gasteiger partial charge on any atom is 0.261 e. The standard InChI is InChI=1S/C13H16N2O3/c16-13-11(5-6-14-13)18-10-3-4-12(15-7-10)17-8-9-1-2-9/h3-4,7,9,11H,1-2,5-6,8H2,(H,14,16). The lowest BCUT2D eigenvalue weighted by Gasteiger charge is -2.11. The molecule has 1 saturated carbocycles. The first-order valence-corrected chi connectivity index (χ1v) is 6.34. The van der Waals surface area contributed by atoms with E-state index >= 15 is 0 Å². The number of rotatable bonds is 5. The van der Waals surface area contributed by atoms with E-state index in [1.165, 1.54) is 12.8 Å². The van der Waals surface area contributed by atoms with Crippen LogP contribution in [0.3, 0.4) is 0 Å². The Morgan fingerprint density at radius 1 is 1.33 bits per heavy atom. The molecule has 1 saturated heterocycles. The zero-order valence-electron chi connectivity index (χ0n) is 10.1. The van der Waals surface area contributed by atoms with Crippen LogP contribution < -0.4 is 14.8 Å². The number of carbonyl (C=O) groups excluding carboxylic acids is 1. The maximum absolute atomic E-state index is 11.3. The number of hydrogen-bond donors (Lipinski definition) is 1. The maximum atomic E-state index is 11.3. The number of nitrogens with zero attached hydrogens (tertiary/aromatic N) is 1. The third-order valence-electron chi connectivity index (χ3n) is 3.15. The number of ether oxygens (including phenoxy) is 2. The van der Waals surface area contributed by atoms with Gasteiger partial charge in [-0.1, -0.05) is 0 Å². The molecule has 2 fully saturated rings. The van der Waals surface area contributed by atoms with Gasteiger partial charge >= 0.3 is 0 Å². The summed E-state index contributed by atoms with van der Waals surface area (Å²) in [4.78, 5) is 15.5. The first-order valence-electron chi connectivity index (χ1n) is 6.34. The summed E-state index contributed by atoms with van der Waals surface area (Å²) in [6, 6.07) is 3.57. The molecule has 1 aliphatic heterocycles. The van der Waals surface area contributed by atoms with Crippen LogP contribution in [0.4, 0.5) is 0 Å². The zero-order valence-corrected chi connectivity index (χ0v) is 10.1. The minimum atomic E-state index is -0.384. The molecule has 1 amide bonds. The minimum Gasteiger partial charge on any atom is -0.479 e. The van der Waals surface area contributed by atoms with Gasteiger partial charge in [-0.2, -0.15) is 0 Å². The predicted octanol–water partition coefficient (Wildman–Crippen LogP) is 1.14. The molecule has 1 unspecified atom stereocenters. The summed E-state index contributed by atoms with van der Waals surface area (Å²) >= 11 is 0. The average molecular weight is 248 g/mol. The largest absolute Gasteiger partial charge is 0.479 e. The van der Waals surface area contributed by atoms with Crippen LogP contribution in [0, 0.1) is 5.92 Å². The second-order valence-corrected chi connectivity index (χ2v) is 4.77. The van der Waals surface area contributed by atoms with Gasteiger partial charge in [0.1, 0.15) is 5.75 Å². The second-order valence-electron chi connectivity index (χ2n) is 4.77. The van der Waals surface area contributed by atoms with Crippen molar-refractivity contribution in [3.8, 4) is 11.6 Å². The van der Waals surface area contributed by atoms with Crippen molar-refractivity contribution in [3.63, 3.8) is 0 Å². The van der Waals surface area contributed by atoms with Crippen LogP contribution in [0.2, 0.25) is 0 Å². The fraction of sp³-hybridized carbons (Fsp3) is 0.538. The molecule has 5 heteroatoms. The quantitative estimate of drug-likeness (QED) is 0.848. The molecule has 0 bridgehead atoms. The van der Waals surface area contributed by atoms with Gasteiger partial charge in [0, 0.05) is 19.0 Å². The molecule has 2 aliphatic rings. The van der Waals surface area contributed by atoms with Gasteiger partial charge in [0.2, 0.25) is 5.88 Å². The van der Waals surface area contributed by atoms with E-state index in [9.17, 15) is 4.79 Å². The Morgan fingerprint density at radius 2 is 2.22 bits per heavy atom. The summed E-state index contributed by atoms with van der Waals surface area (Å²) in [5.41, 5.74) is 0. The Balaban J connectivity index is 1.54. The number of aromatic nitrogens is 1. The lowest BCUT2D eigenvalue weighted by atomic mass is 10.3. The topological polar surface area (TPSA) is 60.5 Å². The van der Waals surface area contributed by atoms with Crippen LogP contribution >= 0.6 is 0 Å². The van der Waals surface area contributed by atoms with Crippen molar-refractivity contribution in [1.29, 1.82) is 0 Å². The highest BCUT2D eigenvalue weighted by atomic mass is 16.5. The minimum absolute atomic E-state index is 0.0518. The summed E-state index contributed by atoms with van der Waals surface area (Å²) in [7, 11) is 0. The Hall–Kier alpha value is -1.78. The van der Waals surface area contributed by atoms with Crippen LogP contribution in [0.15, 0.2) is 18.3 Å². The van der Waals surface area contributed by atoms with Gasteiger partial charge in [0.25, 0.3) is 5.91 Å². The third kappa shape index (κ3) is 2.72. The van der Waals surface area contributed by atoms with E-state index in [0.717, 1.165) is 6.61 Å². The van der Waals surface area contributed by atoms with Gasteiger partial charge < -0.3 is 14.8 Å². The molecule has 18 heavy (non-hydrogen) atoms. The Labute approximate surface area is 105 Å². The predicted molar refractivity (Wildman–Crippen MR) is 64.5 cm³/mol. The number of nitrogens with one attached hydrogen (secondary N) is 1. The van der Waals surface area contributed by atoms with Crippen molar-refractivity contribution in [2.24, 2.45) is 5.92 Å². The molecule has 0 aromatic carbocycles. The van der Waals surface area contributed by atoms with E-state index in [1.54, 1.807) is 18.3 Å². The molecule has 2 heterocycles. The third-order valence-corrected chi connectivity index (χ3v) is 3.15. The summed E-state index contributed by atoms with van der Waals surface area (Å²) in [6.07, 6.45) is 4.45. The van der Waals surface area contributed by atoms with Gasteiger partial charge in [-0.15, -0.1) is 0 Å². The van der Waals surface area contributed by atoms with Crippen LogP contribution in [0.25, 0.3) is 0 Å². The van der Waals surface area contributed by atoms with Crippen LogP contribution in [0.1, 0.15) is 19.3 Å². The summed E-state index contributed by atoms with van der Waals surface area (Å²) in [5, 5.41) is 2.73. The van der Waals surface area contributed by atoms with E-state index in [-0.39, 0.29) is 12.0 Å². The molecular weight excluding hydrogens is 232 g/mol. The monoisotopic (exact) mass is 248 g/mol. The van der Waals surface area contributed by atoms with E-state index < -0.39 is 0 Å². The number of hydrogen-bond acceptors (Lipinski definition) is 4. The van der Waals surface area contributed by atoms with Crippen molar-refractivity contribution >= 4 is 5.91 Å². The van der Waals surface area contributed by atoms with Crippen molar-refractivity contribution in [1.82, 2.24) is 10.3 Å². The molecule has 0 spiro atoms. The second kappa shape index (κ2) is 4.84. The molecule has 1 N–H and O–H groups in total. The van der Waals surface area contributed by atoms with Crippen molar-refractivity contribution in [2.75, 3.05) is 13.2 Å². The number of carbonyl (C=O) groups is 1. The smallest absolute Gasteiger partial charge is 0.261 e. The highest BCUT2D eigenvalue weighted by Gasteiger charge is 2.26. The fourth-order valence-electron chi connectivity index (χ4n) is 1.86. The first-order chi connectivity index (χ1) is 8.81. The molecule has 1 atom stereocenters. The van der Waals surface area contributed by atoms with Gasteiger partial charge in [0.05, 0.1) is 12.8 Å². The highest BCUT2D eigenvalue weighted by Crippen LogP contribution is 2.29. The highest BCUT2D eigenvalue weighted by molar-refractivity contribution is 5.83.